The van der Waals surface area contributed by atoms with Crippen LogP contribution in [-0.4, -0.2) is 37.5 Å². The molecule has 0 aliphatic heterocycles. The highest BCUT2D eigenvalue weighted by molar-refractivity contribution is 7.45. The Labute approximate surface area is 68.5 Å². The van der Waals surface area contributed by atoms with Gasteiger partial charge in [-0.15, -0.1) is 0 Å². The molecule has 0 aliphatic carbocycles. The van der Waals surface area contributed by atoms with Crippen LogP contribution in [-0.2, 0) is 9.36 Å². The number of carbonyl (C=O) groups is 1. The Morgan fingerprint density at radius 1 is 1.25 bits per heavy atom. The van der Waals surface area contributed by atoms with Crippen LogP contribution in [0.3, 0.4) is 0 Å². The van der Waals surface area contributed by atoms with Crippen LogP contribution < -0.4 is 0 Å². The van der Waals surface area contributed by atoms with E-state index < -0.39 is 13.8 Å². The van der Waals surface area contributed by atoms with E-state index in [1.54, 1.807) is 0 Å². The molecule has 0 rings (SSSR count). The highest BCUT2D eigenvalue weighted by atomic mass is 31.2. The minimum Gasteiger partial charge on any atom is -0.481 e. The zero-order valence-corrected chi connectivity index (χ0v) is 7.02. The predicted octanol–water partition coefficient (Wildman–Crippen LogP) is -1.09. The highest BCUT2D eigenvalue weighted by Crippen LogP contribution is 2.25. The molecule has 0 amide bonds. The third-order valence-electron chi connectivity index (χ3n) is 0.549. The first-order valence-corrected chi connectivity index (χ1v) is 4.45. The molecular weight excluding hydrogens is 191 g/mol. The monoisotopic (exact) mass is 202 g/mol. The van der Waals surface area contributed by atoms with Gasteiger partial charge in [0.15, 0.2) is 0 Å². The fourth-order valence-electron chi connectivity index (χ4n) is 0.230. The largest absolute Gasteiger partial charge is 0.481 e. The van der Waals surface area contributed by atoms with E-state index in [2.05, 4.69) is 0 Å². The molecule has 5 N–H and O–H groups in total. The summed E-state index contributed by atoms with van der Waals surface area (Å²) in [7, 11) is -4.64. The Balaban J connectivity index is 0. The molecule has 0 heterocycles. The van der Waals surface area contributed by atoms with E-state index in [-0.39, 0.29) is 13.0 Å². The molecule has 0 atom stereocenters. The van der Waals surface area contributed by atoms with Gasteiger partial charge in [0, 0.05) is 13.0 Å². The van der Waals surface area contributed by atoms with Gasteiger partial charge in [0.1, 0.15) is 0 Å². The fourth-order valence-corrected chi connectivity index (χ4v) is 0.230. The van der Waals surface area contributed by atoms with Crippen molar-refractivity contribution in [3.63, 3.8) is 0 Å². The van der Waals surface area contributed by atoms with Gasteiger partial charge in [0.05, 0.1) is 0 Å². The lowest BCUT2D eigenvalue weighted by Gasteiger charge is -1.85. The average Bonchev–Trinajstić information content (AvgIpc) is 1.79. The van der Waals surface area contributed by atoms with Gasteiger partial charge < -0.3 is 24.9 Å². The third-order valence-corrected chi connectivity index (χ3v) is 0.549. The molecule has 0 unspecified atom stereocenters. The molecule has 0 saturated carbocycles. The van der Waals surface area contributed by atoms with Crippen molar-refractivity contribution in [1.82, 2.24) is 0 Å². The number of phosphoric acid groups is 1. The molecular formula is C4H11O7P. The first kappa shape index (κ1) is 14.1. The van der Waals surface area contributed by atoms with Crippen molar-refractivity contribution in [2.45, 2.75) is 12.8 Å². The number of hydrogen-bond acceptors (Lipinski definition) is 3. The summed E-state index contributed by atoms with van der Waals surface area (Å²) in [6, 6.07) is 0. The van der Waals surface area contributed by atoms with Crippen LogP contribution in [0.25, 0.3) is 0 Å². The van der Waals surface area contributed by atoms with Crippen LogP contribution in [0.2, 0.25) is 0 Å². The second-order valence-electron chi connectivity index (χ2n) is 1.73. The number of hydrogen-bond donors (Lipinski definition) is 5. The molecule has 0 bridgehead atoms. The molecule has 0 aliphatic rings. The highest BCUT2D eigenvalue weighted by Gasteiger charge is 2.00. The standard InChI is InChI=1S/C4H8O3.H3O4P/c5-3-1-2-4(6)7;1-5(2,3)4/h5H,1-3H2,(H,6,7);(H3,1,2,3,4). The van der Waals surface area contributed by atoms with Crippen molar-refractivity contribution < 1.29 is 34.3 Å². The van der Waals surface area contributed by atoms with Crippen LogP contribution in [0, 0.1) is 0 Å². The van der Waals surface area contributed by atoms with Gasteiger partial charge in [-0.3, -0.25) is 4.79 Å². The molecule has 0 aromatic heterocycles. The second kappa shape index (κ2) is 7.20. The molecule has 12 heavy (non-hydrogen) atoms. The van der Waals surface area contributed by atoms with Crippen molar-refractivity contribution in [3.05, 3.63) is 0 Å². The molecule has 7 nitrogen and oxygen atoms in total. The minimum atomic E-state index is -4.64. The number of aliphatic hydroxyl groups excluding tert-OH is 1. The number of aliphatic hydroxyl groups is 1. The number of rotatable bonds is 3. The van der Waals surface area contributed by atoms with Crippen molar-refractivity contribution >= 4 is 13.8 Å². The lowest BCUT2D eigenvalue weighted by Crippen LogP contribution is -1.95. The normalized spacial score (nSPS) is 10.0. The topological polar surface area (TPSA) is 135 Å². The third kappa shape index (κ3) is 55.5. The summed E-state index contributed by atoms with van der Waals surface area (Å²) in [6.45, 7) is -0.0354. The zero-order valence-electron chi connectivity index (χ0n) is 6.12. The van der Waals surface area contributed by atoms with Crippen molar-refractivity contribution in [2.24, 2.45) is 0 Å². The smallest absolute Gasteiger partial charge is 0.466 e. The number of aliphatic carboxylic acids is 1. The molecule has 0 aromatic rings. The van der Waals surface area contributed by atoms with E-state index in [0.29, 0.717) is 6.42 Å². The van der Waals surface area contributed by atoms with Crippen LogP contribution in [0.5, 0.6) is 0 Å². The fraction of sp³-hybridized carbons (Fsp3) is 0.750. The maximum Gasteiger partial charge on any atom is 0.466 e. The first-order valence-electron chi connectivity index (χ1n) is 2.88. The number of carboxylic acid groups (broad SMARTS) is 1. The van der Waals surface area contributed by atoms with Gasteiger partial charge in [0.25, 0.3) is 0 Å². The van der Waals surface area contributed by atoms with Crippen LogP contribution >= 0.6 is 7.82 Å². The Bertz CT molecular complexity index is 153. The quantitative estimate of drug-likeness (QED) is 0.367. The Kier molecular flexibility index (Phi) is 8.46. The molecule has 0 aromatic carbocycles. The van der Waals surface area contributed by atoms with Gasteiger partial charge in [-0.25, -0.2) is 4.57 Å². The van der Waals surface area contributed by atoms with E-state index in [9.17, 15) is 4.79 Å². The summed E-state index contributed by atoms with van der Waals surface area (Å²) in [5.74, 6) is -0.853. The number of carboxylic acids is 1. The van der Waals surface area contributed by atoms with Crippen LogP contribution in [0.15, 0.2) is 0 Å². The minimum absolute atomic E-state index is 0.0354. The summed E-state index contributed by atoms with van der Waals surface area (Å²) in [6.07, 6.45) is 0.422. The van der Waals surface area contributed by atoms with Crippen LogP contribution in [0.4, 0.5) is 0 Å². The maximum absolute atomic E-state index is 9.65. The molecule has 0 spiro atoms. The maximum atomic E-state index is 9.65. The van der Waals surface area contributed by atoms with Crippen molar-refractivity contribution in [1.29, 1.82) is 0 Å². The summed E-state index contributed by atoms with van der Waals surface area (Å²) in [5, 5.41) is 16.0. The van der Waals surface area contributed by atoms with Crippen molar-refractivity contribution in [3.8, 4) is 0 Å². The SMILES string of the molecule is O=C(O)CCCO.O=P(O)(O)O. The zero-order chi connectivity index (χ0) is 10.2. The predicted molar refractivity (Wildman–Crippen MR) is 38.2 cm³/mol. The Morgan fingerprint density at radius 2 is 1.58 bits per heavy atom. The van der Waals surface area contributed by atoms with Gasteiger partial charge >= 0.3 is 13.8 Å². The van der Waals surface area contributed by atoms with E-state index in [1.165, 1.54) is 0 Å². The second-order valence-corrected chi connectivity index (χ2v) is 2.76. The van der Waals surface area contributed by atoms with E-state index in [1.807, 2.05) is 0 Å². The molecule has 0 fully saturated rings. The Morgan fingerprint density at radius 3 is 1.67 bits per heavy atom. The molecule has 8 heteroatoms. The lowest BCUT2D eigenvalue weighted by atomic mass is 10.3. The summed E-state index contributed by atoms with van der Waals surface area (Å²) in [5.41, 5.74) is 0. The van der Waals surface area contributed by atoms with Crippen LogP contribution in [0.1, 0.15) is 12.8 Å². The van der Waals surface area contributed by atoms with E-state index in [0.717, 1.165) is 0 Å². The average molecular weight is 202 g/mol. The molecule has 74 valence electrons. The first-order chi connectivity index (χ1) is 5.27. The van der Waals surface area contributed by atoms with E-state index >= 15 is 0 Å². The van der Waals surface area contributed by atoms with Gasteiger partial charge in [-0.2, -0.15) is 0 Å². The Hall–Kier alpha value is -0.460. The summed E-state index contributed by atoms with van der Waals surface area (Å²) >= 11 is 0. The van der Waals surface area contributed by atoms with Gasteiger partial charge in [-0.05, 0) is 6.42 Å². The van der Waals surface area contributed by atoms with E-state index in [4.69, 9.17) is 29.5 Å². The van der Waals surface area contributed by atoms with Gasteiger partial charge in [-0.1, -0.05) is 0 Å². The lowest BCUT2D eigenvalue weighted by molar-refractivity contribution is -0.137. The van der Waals surface area contributed by atoms with Gasteiger partial charge in [0.2, 0.25) is 0 Å². The summed E-state index contributed by atoms with van der Waals surface area (Å²) in [4.78, 5) is 31.2. The summed E-state index contributed by atoms with van der Waals surface area (Å²) < 4.78 is 8.88. The molecule has 0 saturated heterocycles. The van der Waals surface area contributed by atoms with Crippen molar-refractivity contribution in [2.75, 3.05) is 6.61 Å². The molecule has 0 radical (unpaired) electrons.